The Kier molecular flexibility index (Phi) is 8.42. The highest BCUT2D eigenvalue weighted by molar-refractivity contribution is 7.80. The summed E-state index contributed by atoms with van der Waals surface area (Å²) in [6.45, 7) is 7.92. The number of ether oxygens (including phenoxy) is 2. The minimum atomic E-state index is 0.0853. The normalized spacial score (nSPS) is 11.4. The summed E-state index contributed by atoms with van der Waals surface area (Å²) < 4.78 is 11.5. The summed E-state index contributed by atoms with van der Waals surface area (Å²) in [4.78, 5) is 0. The van der Waals surface area contributed by atoms with Gasteiger partial charge in [0.25, 0.3) is 0 Å². The first-order valence-electron chi connectivity index (χ1n) is 9.09. The van der Waals surface area contributed by atoms with Crippen LogP contribution in [0.15, 0.2) is 58.7 Å². The van der Waals surface area contributed by atoms with E-state index in [1.165, 1.54) is 0 Å². The molecule has 0 spiro atoms. The molecule has 0 amide bonds. The van der Waals surface area contributed by atoms with Crippen LogP contribution in [0.25, 0.3) is 0 Å². The molecule has 0 aliphatic rings. The van der Waals surface area contributed by atoms with Crippen LogP contribution in [-0.2, 0) is 0 Å². The number of rotatable bonds is 8. The third kappa shape index (κ3) is 7.36. The van der Waals surface area contributed by atoms with Gasteiger partial charge in [0.15, 0.2) is 0 Å². The van der Waals surface area contributed by atoms with Gasteiger partial charge in [-0.25, -0.2) is 0 Å². The fourth-order valence-electron chi connectivity index (χ4n) is 2.24. The summed E-state index contributed by atoms with van der Waals surface area (Å²) in [7, 11) is 0. The molecule has 28 heavy (non-hydrogen) atoms. The van der Waals surface area contributed by atoms with Crippen LogP contribution in [0, 0.1) is 0 Å². The number of thiocarbonyl (C=S) groups is 1. The van der Waals surface area contributed by atoms with Crippen LogP contribution in [0.3, 0.4) is 0 Å². The molecule has 0 unspecified atom stereocenters. The number of nitrogens with one attached hydrogen (secondary N) is 2. The van der Waals surface area contributed by atoms with Crippen LogP contribution in [0.5, 0.6) is 11.5 Å². The predicted molar refractivity (Wildman–Crippen MR) is 118 cm³/mol. The van der Waals surface area contributed by atoms with Crippen molar-refractivity contribution in [1.29, 1.82) is 0 Å². The molecular formula is C21H26N4O2S. The van der Waals surface area contributed by atoms with E-state index in [4.69, 9.17) is 21.7 Å². The first kappa shape index (κ1) is 21.4. The van der Waals surface area contributed by atoms with Crippen LogP contribution >= 0.6 is 12.2 Å². The van der Waals surface area contributed by atoms with Crippen molar-refractivity contribution in [2.75, 3.05) is 0 Å². The van der Waals surface area contributed by atoms with Gasteiger partial charge in [-0.05, 0) is 64.2 Å². The third-order valence-corrected chi connectivity index (χ3v) is 3.49. The lowest BCUT2D eigenvalue weighted by molar-refractivity contribution is 0.242. The average Bonchev–Trinajstić information content (AvgIpc) is 2.64. The highest BCUT2D eigenvalue weighted by Crippen LogP contribution is 2.18. The van der Waals surface area contributed by atoms with Gasteiger partial charge in [-0.1, -0.05) is 24.3 Å². The second-order valence-electron chi connectivity index (χ2n) is 6.48. The maximum Gasteiger partial charge on any atom is 0.207 e. The van der Waals surface area contributed by atoms with Gasteiger partial charge in [0.1, 0.15) is 11.5 Å². The van der Waals surface area contributed by atoms with E-state index in [-0.39, 0.29) is 17.3 Å². The van der Waals surface area contributed by atoms with Crippen molar-refractivity contribution >= 4 is 29.8 Å². The second-order valence-corrected chi connectivity index (χ2v) is 6.89. The smallest absolute Gasteiger partial charge is 0.207 e. The summed E-state index contributed by atoms with van der Waals surface area (Å²) in [5, 5.41) is 8.54. The van der Waals surface area contributed by atoms with Crippen molar-refractivity contribution in [3.05, 3.63) is 59.7 Å². The summed E-state index contributed by atoms with van der Waals surface area (Å²) >= 11 is 5.18. The van der Waals surface area contributed by atoms with E-state index in [9.17, 15) is 0 Å². The summed E-state index contributed by atoms with van der Waals surface area (Å²) in [5.41, 5.74) is 7.18. The molecule has 148 valence electrons. The minimum absolute atomic E-state index is 0.0853. The molecule has 0 saturated heterocycles. The van der Waals surface area contributed by atoms with Gasteiger partial charge in [-0.3, -0.25) is 10.9 Å². The van der Waals surface area contributed by atoms with E-state index in [2.05, 4.69) is 21.1 Å². The zero-order valence-corrected chi connectivity index (χ0v) is 17.4. The second kappa shape index (κ2) is 11.0. The molecule has 0 aliphatic heterocycles. The average molecular weight is 399 g/mol. The Labute approximate surface area is 171 Å². The molecule has 2 aromatic rings. The molecule has 6 nitrogen and oxygen atoms in total. The number of hydrogen-bond acceptors (Lipinski definition) is 5. The van der Waals surface area contributed by atoms with Crippen molar-refractivity contribution < 1.29 is 9.47 Å². The summed E-state index contributed by atoms with van der Waals surface area (Å²) in [6.07, 6.45) is 3.48. The highest BCUT2D eigenvalue weighted by atomic mass is 32.1. The third-order valence-electron chi connectivity index (χ3n) is 3.30. The predicted octanol–water partition coefficient (Wildman–Crippen LogP) is 4.09. The maximum absolute atomic E-state index is 5.75. The molecule has 0 aliphatic carbocycles. The van der Waals surface area contributed by atoms with E-state index in [0.29, 0.717) is 0 Å². The lowest BCUT2D eigenvalue weighted by Crippen LogP contribution is -2.28. The van der Waals surface area contributed by atoms with Crippen molar-refractivity contribution in [3.8, 4) is 11.5 Å². The van der Waals surface area contributed by atoms with Crippen molar-refractivity contribution in [2.45, 2.75) is 39.9 Å². The van der Waals surface area contributed by atoms with Crippen LogP contribution in [0.4, 0.5) is 0 Å². The molecule has 0 saturated carbocycles. The van der Waals surface area contributed by atoms with E-state index >= 15 is 0 Å². The summed E-state index contributed by atoms with van der Waals surface area (Å²) in [6, 6.07) is 15.3. The standard InChI is InChI=1S/C21H26N4O2S/c1-15(2)26-19-11-7-5-9-17(19)13-22-24-21(28)25-23-14-18-10-6-8-12-20(18)27-16(3)4/h5-16H,1-4H3,(H2,24,25,28). The van der Waals surface area contributed by atoms with E-state index in [1.807, 2.05) is 76.2 Å². The van der Waals surface area contributed by atoms with Gasteiger partial charge >= 0.3 is 0 Å². The molecule has 0 radical (unpaired) electrons. The zero-order valence-electron chi connectivity index (χ0n) is 16.5. The minimum Gasteiger partial charge on any atom is -0.490 e. The Morgan fingerprint density at radius 3 is 1.57 bits per heavy atom. The first-order valence-corrected chi connectivity index (χ1v) is 9.50. The topological polar surface area (TPSA) is 67.2 Å². The van der Waals surface area contributed by atoms with Gasteiger partial charge < -0.3 is 9.47 Å². The van der Waals surface area contributed by atoms with E-state index in [1.54, 1.807) is 12.4 Å². The van der Waals surface area contributed by atoms with Crippen LogP contribution in [0.2, 0.25) is 0 Å². The fourth-order valence-corrected chi connectivity index (χ4v) is 2.35. The molecule has 2 aromatic carbocycles. The maximum atomic E-state index is 5.75. The van der Waals surface area contributed by atoms with Gasteiger partial charge in [-0.2, -0.15) is 10.2 Å². The Bertz CT molecular complexity index is 767. The van der Waals surface area contributed by atoms with Gasteiger partial charge in [-0.15, -0.1) is 0 Å². The lowest BCUT2D eigenvalue weighted by Gasteiger charge is -2.12. The Morgan fingerprint density at radius 2 is 1.18 bits per heavy atom. The van der Waals surface area contributed by atoms with Crippen LogP contribution in [-0.4, -0.2) is 29.7 Å². The van der Waals surface area contributed by atoms with Crippen LogP contribution < -0.4 is 20.3 Å². The van der Waals surface area contributed by atoms with E-state index < -0.39 is 0 Å². The van der Waals surface area contributed by atoms with Crippen molar-refractivity contribution in [1.82, 2.24) is 10.9 Å². The molecule has 2 N–H and O–H groups in total. The van der Waals surface area contributed by atoms with Gasteiger partial charge in [0.2, 0.25) is 5.11 Å². The number of nitrogens with zero attached hydrogens (tertiary/aromatic N) is 2. The molecule has 2 rings (SSSR count). The molecule has 7 heteroatoms. The van der Waals surface area contributed by atoms with Crippen molar-refractivity contribution in [3.63, 3.8) is 0 Å². The Balaban J connectivity index is 1.90. The Hall–Kier alpha value is -2.93. The largest absolute Gasteiger partial charge is 0.490 e. The molecule has 0 bridgehead atoms. The first-order chi connectivity index (χ1) is 13.5. The number of hydrogen-bond donors (Lipinski definition) is 2. The van der Waals surface area contributed by atoms with Crippen molar-refractivity contribution in [2.24, 2.45) is 10.2 Å². The fraction of sp³-hybridized carbons (Fsp3) is 0.286. The number of hydrazone groups is 2. The zero-order chi connectivity index (χ0) is 20.4. The highest BCUT2D eigenvalue weighted by Gasteiger charge is 2.03. The monoisotopic (exact) mass is 398 g/mol. The molecule has 0 fully saturated rings. The Morgan fingerprint density at radius 1 is 0.786 bits per heavy atom. The lowest BCUT2D eigenvalue weighted by atomic mass is 10.2. The van der Waals surface area contributed by atoms with Gasteiger partial charge in [0.05, 0.1) is 24.6 Å². The van der Waals surface area contributed by atoms with Crippen LogP contribution in [0.1, 0.15) is 38.8 Å². The number of benzene rings is 2. The SMILES string of the molecule is CC(C)Oc1ccccc1C=NNC(=S)NN=Cc1ccccc1OC(C)C. The molecule has 0 aromatic heterocycles. The quantitative estimate of drug-likeness (QED) is 0.398. The molecular weight excluding hydrogens is 372 g/mol. The number of para-hydroxylation sites is 2. The van der Waals surface area contributed by atoms with E-state index in [0.717, 1.165) is 22.6 Å². The molecule has 0 atom stereocenters. The summed E-state index contributed by atoms with van der Waals surface area (Å²) in [5.74, 6) is 1.53. The van der Waals surface area contributed by atoms with Gasteiger partial charge in [0, 0.05) is 11.1 Å². The molecule has 0 heterocycles.